The van der Waals surface area contributed by atoms with Gasteiger partial charge < -0.3 is 20.2 Å². The van der Waals surface area contributed by atoms with Crippen molar-refractivity contribution in [2.45, 2.75) is 56.6 Å². The van der Waals surface area contributed by atoms with E-state index in [1.54, 1.807) is 18.2 Å². The Morgan fingerprint density at radius 1 is 1.00 bits per heavy atom. The van der Waals surface area contributed by atoms with Gasteiger partial charge in [0.15, 0.2) is 5.78 Å². The van der Waals surface area contributed by atoms with E-state index in [1.165, 1.54) is 36.6 Å². The third-order valence-corrected chi connectivity index (χ3v) is 8.20. The van der Waals surface area contributed by atoms with E-state index < -0.39 is 22.0 Å². The number of H-pyrrole nitrogens is 2. The van der Waals surface area contributed by atoms with Gasteiger partial charge in [-0.3, -0.25) is 9.59 Å². The number of imidazole rings is 1. The highest BCUT2D eigenvalue weighted by molar-refractivity contribution is 7.89. The standard InChI is InChI=1S/C25H33N7O5S/c1-15(2)32-12-10-18(11-13-32)31-38(36,37)20-7-4-17(5-8-20)26-24(34)23(16(3)33)30-29-19-6-9-21-22(14-19)28-25(35)27-21/h4-9,14-15,18,23,29-31H,10-13H2,1-3H3,(H,26,34)(H2,27,28,35)/p+1. The third kappa shape index (κ3) is 6.67. The number of nitrogen functional groups attached to an aromatic ring is 1. The van der Waals surface area contributed by atoms with Crippen LogP contribution in [0.5, 0.6) is 0 Å². The summed E-state index contributed by atoms with van der Waals surface area (Å²) in [5, 5.41) is 2.66. The number of aromatic nitrogens is 2. The number of sulfonamides is 1. The lowest BCUT2D eigenvalue weighted by molar-refractivity contribution is -0.635. The number of quaternary nitrogens is 1. The summed E-state index contributed by atoms with van der Waals surface area (Å²) in [4.78, 5) is 44.2. The number of rotatable bonds is 10. The van der Waals surface area contributed by atoms with Crippen molar-refractivity contribution in [1.82, 2.24) is 19.6 Å². The van der Waals surface area contributed by atoms with Crippen molar-refractivity contribution >= 4 is 44.1 Å². The first-order valence-corrected chi connectivity index (χ1v) is 14.0. The van der Waals surface area contributed by atoms with Crippen LogP contribution in [-0.4, -0.2) is 66.2 Å². The number of anilines is 2. The van der Waals surface area contributed by atoms with Crippen LogP contribution in [0, 0.1) is 0 Å². The highest BCUT2D eigenvalue weighted by Gasteiger charge is 2.28. The van der Waals surface area contributed by atoms with Gasteiger partial charge in [-0.2, -0.15) is 0 Å². The minimum absolute atomic E-state index is 0.108. The number of ketones is 1. The Hall–Kier alpha value is -3.52. The number of hydrogen-bond acceptors (Lipinski definition) is 7. The first-order chi connectivity index (χ1) is 18.0. The van der Waals surface area contributed by atoms with E-state index >= 15 is 0 Å². The average Bonchev–Trinajstić information content (AvgIpc) is 3.23. The van der Waals surface area contributed by atoms with Crippen LogP contribution >= 0.6 is 0 Å². The molecule has 1 aliphatic rings. The Labute approximate surface area is 220 Å². The van der Waals surface area contributed by atoms with Gasteiger partial charge in [0, 0.05) is 24.7 Å². The SMILES string of the molecule is CC(=O)C([NH2+]Nc1ccc2[nH]c(=O)[nH]c2c1)C(=O)Nc1ccc(S(=O)(=O)NC2CCN(C(C)C)CC2)cc1. The van der Waals surface area contributed by atoms with Crippen LogP contribution in [0.3, 0.4) is 0 Å². The van der Waals surface area contributed by atoms with Gasteiger partial charge in [0.1, 0.15) is 0 Å². The van der Waals surface area contributed by atoms with Gasteiger partial charge >= 0.3 is 5.69 Å². The number of nitrogens with two attached hydrogens (primary N) is 1. The number of carbonyl (C=O) groups is 2. The number of nitrogens with one attached hydrogen (secondary N) is 5. The fourth-order valence-corrected chi connectivity index (χ4v) is 5.74. The molecule has 1 saturated heterocycles. The molecule has 4 rings (SSSR count). The van der Waals surface area contributed by atoms with Crippen LogP contribution in [0.2, 0.25) is 0 Å². The van der Waals surface area contributed by atoms with Crippen molar-refractivity contribution in [3.05, 3.63) is 52.9 Å². The number of aromatic amines is 2. The summed E-state index contributed by atoms with van der Waals surface area (Å²) in [7, 11) is -3.70. The summed E-state index contributed by atoms with van der Waals surface area (Å²) in [6.45, 7) is 7.26. The fourth-order valence-electron chi connectivity index (χ4n) is 4.44. The number of amides is 1. The van der Waals surface area contributed by atoms with Gasteiger partial charge in [0.2, 0.25) is 16.1 Å². The second-order valence-corrected chi connectivity index (χ2v) is 11.5. The molecule has 7 N–H and O–H groups in total. The predicted octanol–water partition coefficient (Wildman–Crippen LogP) is 0.494. The van der Waals surface area contributed by atoms with Gasteiger partial charge in [0.05, 0.1) is 21.6 Å². The summed E-state index contributed by atoms with van der Waals surface area (Å²) in [6.07, 6.45) is 1.50. The van der Waals surface area contributed by atoms with Crippen molar-refractivity contribution in [1.29, 1.82) is 0 Å². The molecule has 1 atom stereocenters. The summed E-state index contributed by atoms with van der Waals surface area (Å²) < 4.78 is 28.5. The molecule has 0 radical (unpaired) electrons. The van der Waals surface area contributed by atoms with Gasteiger partial charge in [-0.1, -0.05) is 0 Å². The van der Waals surface area contributed by atoms with E-state index in [2.05, 4.69) is 44.2 Å². The van der Waals surface area contributed by atoms with Crippen molar-refractivity contribution in [2.75, 3.05) is 23.8 Å². The Morgan fingerprint density at radius 2 is 1.63 bits per heavy atom. The molecule has 2 heterocycles. The lowest BCUT2D eigenvalue weighted by Gasteiger charge is -2.34. The minimum Gasteiger partial charge on any atom is -0.320 e. The molecule has 3 aromatic rings. The smallest absolute Gasteiger partial charge is 0.320 e. The van der Waals surface area contributed by atoms with Crippen molar-refractivity contribution in [3.63, 3.8) is 0 Å². The third-order valence-electron chi connectivity index (χ3n) is 6.67. The Morgan fingerprint density at radius 3 is 2.26 bits per heavy atom. The maximum Gasteiger partial charge on any atom is 0.323 e. The number of hydrogen-bond donors (Lipinski definition) is 6. The summed E-state index contributed by atoms with van der Waals surface area (Å²) in [5.41, 5.74) is 6.16. The van der Waals surface area contributed by atoms with Crippen LogP contribution in [0.15, 0.2) is 52.2 Å². The van der Waals surface area contributed by atoms with Crippen LogP contribution in [-0.2, 0) is 19.6 Å². The molecule has 13 heteroatoms. The number of likely N-dealkylation sites (tertiary alicyclic amines) is 1. The normalized spacial score (nSPS) is 16.0. The largest absolute Gasteiger partial charge is 0.323 e. The first kappa shape index (κ1) is 27.5. The molecule has 1 amide bonds. The lowest BCUT2D eigenvalue weighted by atomic mass is 10.1. The van der Waals surface area contributed by atoms with Gasteiger partial charge in [-0.05, 0) is 82.2 Å². The number of piperidine rings is 1. The molecule has 12 nitrogen and oxygen atoms in total. The highest BCUT2D eigenvalue weighted by atomic mass is 32.2. The van der Waals surface area contributed by atoms with E-state index in [0.29, 0.717) is 28.5 Å². The van der Waals surface area contributed by atoms with Crippen LogP contribution < -0.4 is 26.6 Å². The molecule has 0 aliphatic carbocycles. The molecular weight excluding hydrogens is 510 g/mol. The molecule has 2 aromatic carbocycles. The van der Waals surface area contributed by atoms with Crippen LogP contribution in [0.25, 0.3) is 11.0 Å². The average molecular weight is 545 g/mol. The van der Waals surface area contributed by atoms with Gasteiger partial charge in [-0.25, -0.2) is 28.8 Å². The zero-order chi connectivity index (χ0) is 27.4. The molecule has 1 aromatic heterocycles. The Bertz CT molecular complexity index is 1460. The molecule has 204 valence electrons. The molecule has 38 heavy (non-hydrogen) atoms. The molecule has 0 bridgehead atoms. The van der Waals surface area contributed by atoms with E-state index in [1.807, 2.05) is 0 Å². The van der Waals surface area contributed by atoms with Crippen molar-refractivity contribution in [2.24, 2.45) is 0 Å². The lowest BCUT2D eigenvalue weighted by Crippen LogP contribution is -2.97. The molecule has 0 spiro atoms. The number of benzene rings is 2. The maximum atomic E-state index is 12.9. The Kier molecular flexibility index (Phi) is 8.31. The highest BCUT2D eigenvalue weighted by Crippen LogP contribution is 2.18. The quantitative estimate of drug-likeness (QED) is 0.122. The molecule has 0 saturated carbocycles. The maximum absolute atomic E-state index is 12.9. The Balaban J connectivity index is 1.34. The van der Waals surface area contributed by atoms with Crippen LogP contribution in [0.1, 0.15) is 33.6 Å². The fraction of sp³-hybridized carbons (Fsp3) is 0.400. The van der Waals surface area contributed by atoms with Crippen LogP contribution in [0.4, 0.5) is 11.4 Å². The number of Topliss-reactive ketones (excluding diaryl/α,β-unsaturated/α-hetero) is 1. The van der Waals surface area contributed by atoms with E-state index in [-0.39, 0.29) is 22.4 Å². The summed E-state index contributed by atoms with van der Waals surface area (Å²) in [5.74, 6) is -0.940. The van der Waals surface area contributed by atoms with E-state index in [4.69, 9.17) is 0 Å². The van der Waals surface area contributed by atoms with Gasteiger partial charge in [0.25, 0.3) is 5.91 Å². The second kappa shape index (κ2) is 11.5. The number of nitrogens with zero attached hydrogens (tertiary/aromatic N) is 1. The molecule has 1 aliphatic heterocycles. The topological polar surface area (TPSA) is 173 Å². The van der Waals surface area contributed by atoms with E-state index in [0.717, 1.165) is 25.9 Å². The first-order valence-electron chi connectivity index (χ1n) is 12.5. The molecular formula is C25H34N7O5S+. The summed E-state index contributed by atoms with van der Waals surface area (Å²) in [6, 6.07) is 10.2. The number of fused-ring (bicyclic) bond motifs is 1. The summed E-state index contributed by atoms with van der Waals surface area (Å²) >= 11 is 0. The zero-order valence-corrected chi connectivity index (χ0v) is 22.4. The molecule has 1 fully saturated rings. The second-order valence-electron chi connectivity index (χ2n) is 9.78. The van der Waals surface area contributed by atoms with E-state index in [9.17, 15) is 22.8 Å². The minimum atomic E-state index is -3.70. The molecule has 1 unspecified atom stereocenters. The van der Waals surface area contributed by atoms with Crippen molar-refractivity contribution in [3.8, 4) is 0 Å². The zero-order valence-electron chi connectivity index (χ0n) is 21.6. The monoisotopic (exact) mass is 544 g/mol. The predicted molar refractivity (Wildman–Crippen MR) is 144 cm³/mol. The van der Waals surface area contributed by atoms with Gasteiger partial charge in [-0.15, -0.1) is 0 Å². The number of carbonyl (C=O) groups excluding carboxylic acids is 2. The van der Waals surface area contributed by atoms with Crippen molar-refractivity contribution < 1.29 is 23.4 Å².